The highest BCUT2D eigenvalue weighted by Crippen LogP contribution is 2.28. The molecule has 0 aromatic heterocycles. The third-order valence-electron chi connectivity index (χ3n) is 3.89. The second kappa shape index (κ2) is 4.85. The van der Waals surface area contributed by atoms with Crippen LogP contribution in [0.3, 0.4) is 0 Å². The van der Waals surface area contributed by atoms with Gasteiger partial charge >= 0.3 is 5.97 Å². The molecule has 0 heterocycles. The first-order valence-electron chi connectivity index (χ1n) is 6.21. The zero-order valence-corrected chi connectivity index (χ0v) is 9.45. The monoisotopic (exact) mass is 225 g/mol. The van der Waals surface area contributed by atoms with Gasteiger partial charge in [0.1, 0.15) is 0 Å². The Morgan fingerprint density at radius 1 is 1.00 bits per heavy atom. The van der Waals surface area contributed by atoms with Gasteiger partial charge in [0, 0.05) is 12.0 Å². The van der Waals surface area contributed by atoms with Gasteiger partial charge in [-0.2, -0.15) is 0 Å². The van der Waals surface area contributed by atoms with Crippen molar-refractivity contribution < 1.29 is 14.7 Å². The quantitative estimate of drug-likeness (QED) is 0.765. The molecule has 0 aliphatic heterocycles. The van der Waals surface area contributed by atoms with E-state index >= 15 is 0 Å². The molecule has 2 saturated carbocycles. The fraction of sp³-hybridized carbons (Fsp3) is 0.833. The van der Waals surface area contributed by atoms with Gasteiger partial charge in [0.2, 0.25) is 5.91 Å². The van der Waals surface area contributed by atoms with Crippen LogP contribution in [0.2, 0.25) is 0 Å². The van der Waals surface area contributed by atoms with Gasteiger partial charge in [-0.1, -0.05) is 19.3 Å². The molecule has 0 saturated heterocycles. The van der Waals surface area contributed by atoms with Gasteiger partial charge in [0.25, 0.3) is 0 Å². The number of carbonyl (C=O) groups is 2. The van der Waals surface area contributed by atoms with E-state index in [0.717, 1.165) is 38.5 Å². The average molecular weight is 225 g/mol. The summed E-state index contributed by atoms with van der Waals surface area (Å²) in [7, 11) is 0. The molecular formula is C12H19NO3. The van der Waals surface area contributed by atoms with Crippen molar-refractivity contribution in [1.29, 1.82) is 0 Å². The lowest BCUT2D eigenvalue weighted by molar-refractivity contribution is -0.142. The van der Waals surface area contributed by atoms with E-state index in [9.17, 15) is 9.59 Å². The predicted molar refractivity (Wildman–Crippen MR) is 58.9 cm³/mol. The lowest BCUT2D eigenvalue weighted by Crippen LogP contribution is -2.42. The second-order valence-corrected chi connectivity index (χ2v) is 4.97. The van der Waals surface area contributed by atoms with Crippen molar-refractivity contribution in [3.8, 4) is 0 Å². The molecule has 0 radical (unpaired) electrons. The Labute approximate surface area is 95.4 Å². The van der Waals surface area contributed by atoms with Gasteiger partial charge in [-0.05, 0) is 25.7 Å². The number of carbonyl (C=O) groups excluding carboxylic acids is 1. The molecule has 2 aliphatic carbocycles. The summed E-state index contributed by atoms with van der Waals surface area (Å²) in [6.07, 6.45) is 6.62. The van der Waals surface area contributed by atoms with Crippen molar-refractivity contribution in [3.63, 3.8) is 0 Å². The molecule has 0 unspecified atom stereocenters. The summed E-state index contributed by atoms with van der Waals surface area (Å²) in [5, 5.41) is 11.9. The molecule has 2 rings (SSSR count). The van der Waals surface area contributed by atoms with Gasteiger partial charge in [0.15, 0.2) is 0 Å². The third-order valence-corrected chi connectivity index (χ3v) is 3.89. The van der Waals surface area contributed by atoms with Crippen LogP contribution >= 0.6 is 0 Å². The molecular weight excluding hydrogens is 206 g/mol. The van der Waals surface area contributed by atoms with Crippen molar-refractivity contribution in [1.82, 2.24) is 5.32 Å². The number of hydrogen-bond acceptors (Lipinski definition) is 2. The van der Waals surface area contributed by atoms with Crippen molar-refractivity contribution in [3.05, 3.63) is 0 Å². The topological polar surface area (TPSA) is 66.4 Å². The SMILES string of the molecule is O=C(N[C@H]1CCC[C@H]1C(=O)O)C1CCCC1. The summed E-state index contributed by atoms with van der Waals surface area (Å²) in [6, 6.07) is -0.134. The summed E-state index contributed by atoms with van der Waals surface area (Å²) >= 11 is 0. The van der Waals surface area contributed by atoms with Gasteiger partial charge in [-0.15, -0.1) is 0 Å². The van der Waals surface area contributed by atoms with E-state index in [-0.39, 0.29) is 23.8 Å². The highest BCUT2D eigenvalue weighted by Gasteiger charge is 2.35. The minimum Gasteiger partial charge on any atom is -0.481 e. The first-order valence-corrected chi connectivity index (χ1v) is 6.21. The normalized spacial score (nSPS) is 30.5. The summed E-state index contributed by atoms with van der Waals surface area (Å²) in [6.45, 7) is 0. The van der Waals surface area contributed by atoms with Gasteiger partial charge in [-0.25, -0.2) is 0 Å². The maximum absolute atomic E-state index is 11.9. The van der Waals surface area contributed by atoms with E-state index in [1.54, 1.807) is 0 Å². The minimum absolute atomic E-state index is 0.0793. The smallest absolute Gasteiger partial charge is 0.308 e. The molecule has 90 valence electrons. The Bertz CT molecular complexity index is 284. The molecule has 4 nitrogen and oxygen atoms in total. The Hall–Kier alpha value is -1.06. The number of amides is 1. The Morgan fingerprint density at radius 3 is 2.31 bits per heavy atom. The van der Waals surface area contributed by atoms with Gasteiger partial charge in [0.05, 0.1) is 5.92 Å². The lowest BCUT2D eigenvalue weighted by atomic mass is 10.0. The van der Waals surface area contributed by atoms with Crippen LogP contribution in [0.4, 0.5) is 0 Å². The molecule has 0 aromatic carbocycles. The van der Waals surface area contributed by atoms with Crippen LogP contribution in [0.15, 0.2) is 0 Å². The predicted octanol–water partition coefficient (Wildman–Crippen LogP) is 1.55. The molecule has 4 heteroatoms. The first kappa shape index (κ1) is 11.4. The maximum Gasteiger partial charge on any atom is 0.308 e. The summed E-state index contributed by atoms with van der Waals surface area (Å²) in [5.41, 5.74) is 0. The van der Waals surface area contributed by atoms with Crippen molar-refractivity contribution in [2.45, 2.75) is 51.0 Å². The number of carboxylic acids is 1. The molecule has 2 aliphatic rings. The molecule has 2 atom stereocenters. The molecule has 2 N–H and O–H groups in total. The summed E-state index contributed by atoms with van der Waals surface area (Å²) in [5.74, 6) is -0.926. The zero-order chi connectivity index (χ0) is 11.5. The number of hydrogen-bond donors (Lipinski definition) is 2. The van der Waals surface area contributed by atoms with Crippen LogP contribution in [-0.2, 0) is 9.59 Å². The fourth-order valence-electron chi connectivity index (χ4n) is 2.92. The van der Waals surface area contributed by atoms with Gasteiger partial charge in [-0.3, -0.25) is 9.59 Å². The van der Waals surface area contributed by atoms with Crippen molar-refractivity contribution in [2.24, 2.45) is 11.8 Å². The average Bonchev–Trinajstić information content (AvgIpc) is 2.86. The van der Waals surface area contributed by atoms with Crippen LogP contribution in [0.5, 0.6) is 0 Å². The molecule has 1 amide bonds. The van der Waals surface area contributed by atoms with Crippen LogP contribution in [0.25, 0.3) is 0 Å². The Morgan fingerprint density at radius 2 is 1.69 bits per heavy atom. The highest BCUT2D eigenvalue weighted by atomic mass is 16.4. The standard InChI is InChI=1S/C12H19NO3/c14-11(8-4-1-2-5-8)13-10-7-3-6-9(10)12(15)16/h8-10H,1-7H2,(H,13,14)(H,15,16)/t9-,10+/m1/s1. The molecule has 16 heavy (non-hydrogen) atoms. The van der Waals surface area contributed by atoms with Crippen molar-refractivity contribution in [2.75, 3.05) is 0 Å². The third kappa shape index (κ3) is 2.36. The van der Waals surface area contributed by atoms with Crippen LogP contribution < -0.4 is 5.32 Å². The van der Waals surface area contributed by atoms with Crippen LogP contribution in [0, 0.1) is 11.8 Å². The van der Waals surface area contributed by atoms with E-state index < -0.39 is 5.97 Å². The Balaban J connectivity index is 1.88. The maximum atomic E-state index is 11.9. The second-order valence-electron chi connectivity index (χ2n) is 4.97. The fourth-order valence-corrected chi connectivity index (χ4v) is 2.92. The van der Waals surface area contributed by atoms with Gasteiger partial charge < -0.3 is 10.4 Å². The molecule has 2 fully saturated rings. The zero-order valence-electron chi connectivity index (χ0n) is 9.45. The molecule has 0 aromatic rings. The van der Waals surface area contributed by atoms with E-state index in [1.165, 1.54) is 0 Å². The first-order chi connectivity index (χ1) is 7.68. The van der Waals surface area contributed by atoms with E-state index in [2.05, 4.69) is 5.32 Å². The number of carboxylic acid groups (broad SMARTS) is 1. The molecule has 0 bridgehead atoms. The molecule has 0 spiro atoms. The van der Waals surface area contributed by atoms with E-state index in [0.29, 0.717) is 6.42 Å². The number of nitrogens with one attached hydrogen (secondary N) is 1. The van der Waals surface area contributed by atoms with Crippen LogP contribution in [0.1, 0.15) is 44.9 Å². The Kier molecular flexibility index (Phi) is 3.46. The number of aliphatic carboxylic acids is 1. The van der Waals surface area contributed by atoms with E-state index in [1.807, 2.05) is 0 Å². The lowest BCUT2D eigenvalue weighted by Gasteiger charge is -2.19. The van der Waals surface area contributed by atoms with Crippen molar-refractivity contribution >= 4 is 11.9 Å². The minimum atomic E-state index is -0.769. The summed E-state index contributed by atoms with van der Waals surface area (Å²) < 4.78 is 0. The summed E-state index contributed by atoms with van der Waals surface area (Å²) in [4.78, 5) is 22.8. The highest BCUT2D eigenvalue weighted by molar-refractivity contribution is 5.80. The van der Waals surface area contributed by atoms with Crippen LogP contribution in [-0.4, -0.2) is 23.0 Å². The largest absolute Gasteiger partial charge is 0.481 e. The number of rotatable bonds is 3. The van der Waals surface area contributed by atoms with E-state index in [4.69, 9.17) is 5.11 Å².